The summed E-state index contributed by atoms with van der Waals surface area (Å²) >= 11 is 0. The highest BCUT2D eigenvalue weighted by molar-refractivity contribution is 6.52. The normalized spacial score (nSPS) is 28.0. The maximum absolute atomic E-state index is 11.9. The number of amides is 1. The Morgan fingerprint density at radius 3 is 2.95 bits per heavy atom. The van der Waals surface area contributed by atoms with Gasteiger partial charge in [-0.25, -0.2) is 0 Å². The number of ether oxygens (including phenoxy) is 1. The van der Waals surface area contributed by atoms with E-state index in [1.807, 2.05) is 12.1 Å². The lowest BCUT2D eigenvalue weighted by atomic mass is 10.1. The van der Waals surface area contributed by atoms with Crippen LogP contribution in [0.4, 0.5) is 11.4 Å². The molecule has 5 heteroatoms. The van der Waals surface area contributed by atoms with Crippen molar-refractivity contribution in [3.63, 3.8) is 0 Å². The molecule has 110 valence electrons. The molecule has 0 N–H and O–H groups in total. The van der Waals surface area contributed by atoms with E-state index < -0.39 is 11.7 Å². The van der Waals surface area contributed by atoms with Crippen LogP contribution in [0, 0.1) is 0 Å². The Morgan fingerprint density at radius 2 is 2.10 bits per heavy atom. The second kappa shape index (κ2) is 4.56. The average Bonchev–Trinajstić information content (AvgIpc) is 3.07. The van der Waals surface area contributed by atoms with Crippen molar-refractivity contribution < 1.29 is 14.3 Å². The Morgan fingerprint density at radius 1 is 1.24 bits per heavy atom. The van der Waals surface area contributed by atoms with Gasteiger partial charge in [0.05, 0.1) is 30.0 Å². The minimum absolute atomic E-state index is 0.327. The SMILES string of the molecule is CN1C(=O)C(=O)c2ccc(N3CCOC4CCCC43)cc21. The van der Waals surface area contributed by atoms with Gasteiger partial charge in [-0.15, -0.1) is 0 Å². The number of fused-ring (bicyclic) bond motifs is 2. The summed E-state index contributed by atoms with van der Waals surface area (Å²) in [5.41, 5.74) is 2.33. The highest BCUT2D eigenvalue weighted by atomic mass is 16.5. The summed E-state index contributed by atoms with van der Waals surface area (Å²) in [6.45, 7) is 1.61. The molecule has 5 nitrogen and oxygen atoms in total. The molecule has 0 bridgehead atoms. The number of anilines is 2. The molecule has 1 amide bonds. The summed E-state index contributed by atoms with van der Waals surface area (Å²) in [4.78, 5) is 27.5. The first-order chi connectivity index (χ1) is 10.2. The van der Waals surface area contributed by atoms with Crippen LogP contribution in [0.25, 0.3) is 0 Å². The van der Waals surface area contributed by atoms with E-state index in [2.05, 4.69) is 4.90 Å². The van der Waals surface area contributed by atoms with Crippen molar-refractivity contribution in [3.8, 4) is 0 Å². The van der Waals surface area contributed by atoms with Gasteiger partial charge in [0, 0.05) is 19.3 Å². The van der Waals surface area contributed by atoms with Gasteiger partial charge in [-0.05, 0) is 37.5 Å². The van der Waals surface area contributed by atoms with Gasteiger partial charge in [-0.1, -0.05) is 0 Å². The number of morpholine rings is 1. The van der Waals surface area contributed by atoms with Gasteiger partial charge < -0.3 is 14.5 Å². The smallest absolute Gasteiger partial charge is 0.299 e. The molecular weight excluding hydrogens is 268 g/mol. The minimum Gasteiger partial charge on any atom is -0.374 e. The van der Waals surface area contributed by atoms with E-state index in [1.165, 1.54) is 11.3 Å². The summed E-state index contributed by atoms with van der Waals surface area (Å²) in [5.74, 6) is -0.845. The molecule has 2 aliphatic heterocycles. The lowest BCUT2D eigenvalue weighted by molar-refractivity contribution is -0.114. The number of nitrogens with zero attached hydrogens (tertiary/aromatic N) is 2. The first-order valence-electron chi connectivity index (χ1n) is 7.51. The number of benzene rings is 1. The third-order valence-corrected chi connectivity index (χ3v) is 4.90. The van der Waals surface area contributed by atoms with Crippen LogP contribution in [-0.4, -0.2) is 44.0 Å². The second-order valence-electron chi connectivity index (χ2n) is 6.00. The second-order valence-corrected chi connectivity index (χ2v) is 6.00. The van der Waals surface area contributed by atoms with E-state index in [-0.39, 0.29) is 0 Å². The van der Waals surface area contributed by atoms with Crippen LogP contribution in [0.5, 0.6) is 0 Å². The highest BCUT2D eigenvalue weighted by Crippen LogP contribution is 2.37. The van der Waals surface area contributed by atoms with Crippen molar-refractivity contribution in [1.82, 2.24) is 0 Å². The topological polar surface area (TPSA) is 49.9 Å². The van der Waals surface area contributed by atoms with Crippen molar-refractivity contribution in [2.45, 2.75) is 31.4 Å². The van der Waals surface area contributed by atoms with Gasteiger partial charge in [0.25, 0.3) is 11.7 Å². The molecule has 3 aliphatic rings. The zero-order valence-corrected chi connectivity index (χ0v) is 12.0. The summed E-state index contributed by atoms with van der Waals surface area (Å²) in [6.07, 6.45) is 3.81. The summed E-state index contributed by atoms with van der Waals surface area (Å²) in [7, 11) is 1.66. The molecule has 1 saturated heterocycles. The van der Waals surface area contributed by atoms with Gasteiger partial charge in [0.1, 0.15) is 0 Å². The number of Topliss-reactive ketones (excluding diaryl/α,β-unsaturated/α-hetero) is 1. The quantitative estimate of drug-likeness (QED) is 0.736. The van der Waals surface area contributed by atoms with Crippen LogP contribution in [-0.2, 0) is 9.53 Å². The Labute approximate surface area is 123 Å². The number of carbonyl (C=O) groups excluding carboxylic acids is 2. The third kappa shape index (κ3) is 1.80. The lowest BCUT2D eigenvalue weighted by Gasteiger charge is -2.39. The van der Waals surface area contributed by atoms with Crippen LogP contribution < -0.4 is 9.80 Å². The van der Waals surface area contributed by atoms with E-state index in [4.69, 9.17) is 4.74 Å². The van der Waals surface area contributed by atoms with Gasteiger partial charge in [0.2, 0.25) is 0 Å². The van der Waals surface area contributed by atoms with Crippen LogP contribution in [0.15, 0.2) is 18.2 Å². The van der Waals surface area contributed by atoms with E-state index in [1.54, 1.807) is 13.1 Å². The standard InChI is InChI=1S/C16H18N2O3/c1-17-13-9-10(5-6-11(13)15(19)16(17)20)18-7-8-21-14-4-2-3-12(14)18/h5-6,9,12,14H,2-4,7-8H2,1H3. The average molecular weight is 286 g/mol. The zero-order valence-electron chi connectivity index (χ0n) is 12.0. The molecule has 2 atom stereocenters. The van der Waals surface area contributed by atoms with Crippen molar-refractivity contribution in [2.24, 2.45) is 0 Å². The molecular formula is C16H18N2O3. The molecule has 4 rings (SSSR count). The fraction of sp³-hybridized carbons (Fsp3) is 0.500. The molecule has 2 unspecified atom stereocenters. The molecule has 2 heterocycles. The minimum atomic E-state index is -0.442. The maximum Gasteiger partial charge on any atom is 0.299 e. The number of ketones is 1. The molecule has 21 heavy (non-hydrogen) atoms. The molecule has 0 spiro atoms. The number of likely N-dealkylation sites (N-methyl/N-ethyl adjacent to an activating group) is 1. The van der Waals surface area contributed by atoms with Crippen LogP contribution in [0.1, 0.15) is 29.6 Å². The van der Waals surface area contributed by atoms with Gasteiger partial charge >= 0.3 is 0 Å². The Kier molecular flexibility index (Phi) is 2.79. The summed E-state index contributed by atoms with van der Waals surface area (Å²) < 4.78 is 5.84. The largest absolute Gasteiger partial charge is 0.374 e. The van der Waals surface area contributed by atoms with Gasteiger partial charge in [0.15, 0.2) is 0 Å². The number of hydrogen-bond acceptors (Lipinski definition) is 4. The van der Waals surface area contributed by atoms with Crippen molar-refractivity contribution in [1.29, 1.82) is 0 Å². The first kappa shape index (κ1) is 12.8. The highest BCUT2D eigenvalue weighted by Gasteiger charge is 2.38. The Hall–Kier alpha value is -1.88. The fourth-order valence-corrected chi connectivity index (χ4v) is 3.79. The molecule has 1 saturated carbocycles. The van der Waals surface area contributed by atoms with Crippen molar-refractivity contribution in [3.05, 3.63) is 23.8 Å². The van der Waals surface area contributed by atoms with Gasteiger partial charge in [-0.2, -0.15) is 0 Å². The van der Waals surface area contributed by atoms with E-state index in [0.29, 0.717) is 17.7 Å². The molecule has 1 aromatic carbocycles. The predicted molar refractivity (Wildman–Crippen MR) is 78.9 cm³/mol. The number of hydrogen-bond donors (Lipinski definition) is 0. The molecule has 2 fully saturated rings. The Balaban J connectivity index is 1.71. The predicted octanol–water partition coefficient (Wildman–Crippen LogP) is 1.60. The number of rotatable bonds is 1. The maximum atomic E-state index is 11.9. The molecule has 1 aromatic rings. The fourth-order valence-electron chi connectivity index (χ4n) is 3.79. The molecule has 1 aliphatic carbocycles. The van der Waals surface area contributed by atoms with E-state index in [0.717, 1.165) is 37.4 Å². The van der Waals surface area contributed by atoms with Crippen molar-refractivity contribution in [2.75, 3.05) is 30.0 Å². The zero-order chi connectivity index (χ0) is 14.6. The van der Waals surface area contributed by atoms with Crippen LogP contribution in [0.3, 0.4) is 0 Å². The molecule has 0 radical (unpaired) electrons. The van der Waals surface area contributed by atoms with E-state index >= 15 is 0 Å². The summed E-state index contributed by atoms with van der Waals surface area (Å²) in [6, 6.07) is 6.14. The van der Waals surface area contributed by atoms with Gasteiger partial charge in [-0.3, -0.25) is 9.59 Å². The van der Waals surface area contributed by atoms with E-state index in [9.17, 15) is 9.59 Å². The number of carbonyl (C=O) groups is 2. The monoisotopic (exact) mass is 286 g/mol. The third-order valence-electron chi connectivity index (χ3n) is 4.90. The summed E-state index contributed by atoms with van der Waals surface area (Å²) in [5, 5.41) is 0. The first-order valence-corrected chi connectivity index (χ1v) is 7.51. The van der Waals surface area contributed by atoms with Crippen LogP contribution in [0.2, 0.25) is 0 Å². The molecule has 0 aromatic heterocycles. The Bertz CT molecular complexity index is 628. The van der Waals surface area contributed by atoms with Crippen LogP contribution >= 0.6 is 0 Å². The lowest BCUT2D eigenvalue weighted by Crippen LogP contribution is -2.48. The van der Waals surface area contributed by atoms with Crippen molar-refractivity contribution >= 4 is 23.1 Å².